The number of carbonyl (C=O) groups is 1. The number of amides is 1. The largest absolute Gasteiger partial charge is 0.319 e. The molecule has 26 heavy (non-hydrogen) atoms. The Labute approximate surface area is 162 Å². The maximum absolute atomic E-state index is 12.3. The lowest BCUT2D eigenvalue weighted by Crippen LogP contribution is -2.13. The molecule has 136 valence electrons. The average Bonchev–Trinajstić information content (AvgIpc) is 2.96. The van der Waals surface area contributed by atoms with Crippen molar-refractivity contribution >= 4 is 39.2 Å². The predicted octanol–water partition coefficient (Wildman–Crippen LogP) is 5.00. The lowest BCUT2D eigenvalue weighted by Gasteiger charge is -2.02. The van der Waals surface area contributed by atoms with E-state index in [1.165, 1.54) is 26.9 Å². The zero-order chi connectivity index (χ0) is 18.5. The highest BCUT2D eigenvalue weighted by molar-refractivity contribution is 7.98. The molecule has 0 atom stereocenters. The minimum Gasteiger partial charge on any atom is -0.319 e. The summed E-state index contributed by atoms with van der Waals surface area (Å²) < 4.78 is 3.27. The van der Waals surface area contributed by atoms with Gasteiger partial charge in [-0.2, -0.15) is 16.8 Å². The Morgan fingerprint density at radius 2 is 1.85 bits per heavy atom. The third-order valence-corrected chi connectivity index (χ3v) is 6.74. The van der Waals surface area contributed by atoms with E-state index in [1.54, 1.807) is 11.3 Å². The lowest BCUT2D eigenvalue weighted by molar-refractivity contribution is -0.118. The molecule has 3 rings (SSSR count). The van der Waals surface area contributed by atoms with E-state index in [0.29, 0.717) is 6.42 Å². The zero-order valence-corrected chi connectivity index (χ0v) is 17.1. The molecular formula is C21H24N2OS2. The van der Waals surface area contributed by atoms with Crippen molar-refractivity contribution in [2.45, 2.75) is 32.4 Å². The molecule has 2 aromatic carbocycles. The van der Waals surface area contributed by atoms with E-state index in [-0.39, 0.29) is 5.91 Å². The van der Waals surface area contributed by atoms with E-state index in [4.69, 9.17) is 0 Å². The quantitative estimate of drug-likeness (QED) is 0.561. The second-order valence-corrected chi connectivity index (χ2v) is 8.55. The fourth-order valence-corrected chi connectivity index (χ4v) is 5.02. The number of aryl methyl sites for hydroxylation is 3. The Morgan fingerprint density at radius 3 is 2.58 bits per heavy atom. The third-order valence-electron chi connectivity index (χ3n) is 4.36. The van der Waals surface area contributed by atoms with Crippen molar-refractivity contribution in [3.8, 4) is 0 Å². The zero-order valence-electron chi connectivity index (χ0n) is 15.5. The first kappa shape index (κ1) is 18.9. The number of rotatable bonds is 6. The van der Waals surface area contributed by atoms with Crippen LogP contribution >= 0.6 is 23.1 Å². The number of thiazole rings is 1. The SMILES string of the molecule is Cc1ccc(C)c2c1sc(=NC(=O)CCCSCc1ccccc1)n2C. The fraction of sp³-hybridized carbons (Fsp3) is 0.333. The van der Waals surface area contributed by atoms with Crippen molar-refractivity contribution in [2.75, 3.05) is 5.75 Å². The van der Waals surface area contributed by atoms with Gasteiger partial charge in [-0.05, 0) is 42.7 Å². The maximum Gasteiger partial charge on any atom is 0.248 e. The van der Waals surface area contributed by atoms with Gasteiger partial charge >= 0.3 is 0 Å². The van der Waals surface area contributed by atoms with Crippen molar-refractivity contribution < 1.29 is 4.79 Å². The van der Waals surface area contributed by atoms with Gasteiger partial charge in [0.15, 0.2) is 4.80 Å². The topological polar surface area (TPSA) is 34.4 Å². The maximum atomic E-state index is 12.3. The van der Waals surface area contributed by atoms with Crippen LogP contribution in [0.3, 0.4) is 0 Å². The lowest BCUT2D eigenvalue weighted by atomic mass is 10.1. The van der Waals surface area contributed by atoms with Crippen molar-refractivity contribution in [3.05, 3.63) is 64.0 Å². The summed E-state index contributed by atoms with van der Waals surface area (Å²) in [6.45, 7) is 4.21. The van der Waals surface area contributed by atoms with Crippen LogP contribution in [0.4, 0.5) is 0 Å². The van der Waals surface area contributed by atoms with E-state index < -0.39 is 0 Å². The molecule has 0 aliphatic heterocycles. The number of aromatic nitrogens is 1. The van der Waals surface area contributed by atoms with Crippen LogP contribution < -0.4 is 4.80 Å². The van der Waals surface area contributed by atoms with Crippen LogP contribution in [0.25, 0.3) is 10.2 Å². The van der Waals surface area contributed by atoms with Gasteiger partial charge in [0.2, 0.25) is 5.91 Å². The summed E-state index contributed by atoms with van der Waals surface area (Å²) in [7, 11) is 1.99. The minimum atomic E-state index is -0.0252. The highest BCUT2D eigenvalue weighted by Crippen LogP contribution is 2.24. The molecule has 0 radical (unpaired) electrons. The summed E-state index contributed by atoms with van der Waals surface area (Å²) in [4.78, 5) is 17.4. The summed E-state index contributed by atoms with van der Waals surface area (Å²) in [5.41, 5.74) is 4.96. The standard InChI is InChI=1S/C21H24N2OS2/c1-15-11-12-16(2)20-19(15)23(3)21(26-20)22-18(24)10-7-13-25-14-17-8-5-4-6-9-17/h4-6,8-9,11-12H,7,10,13-14H2,1-3H3. The molecule has 0 spiro atoms. The molecule has 0 N–H and O–H groups in total. The van der Waals surface area contributed by atoms with Crippen molar-refractivity contribution in [1.29, 1.82) is 0 Å². The van der Waals surface area contributed by atoms with E-state index in [2.05, 4.69) is 55.2 Å². The molecule has 3 aromatic rings. The number of benzene rings is 2. The molecule has 0 fully saturated rings. The second kappa shape index (κ2) is 8.69. The number of nitrogens with zero attached hydrogens (tertiary/aromatic N) is 2. The molecule has 0 aliphatic carbocycles. The molecule has 1 heterocycles. The van der Waals surface area contributed by atoms with Crippen LogP contribution in [0, 0.1) is 13.8 Å². The first-order valence-corrected chi connectivity index (χ1v) is 10.8. The van der Waals surface area contributed by atoms with Crippen LogP contribution in [0.15, 0.2) is 47.5 Å². The monoisotopic (exact) mass is 384 g/mol. The van der Waals surface area contributed by atoms with E-state index in [1.807, 2.05) is 29.4 Å². The molecule has 1 amide bonds. The summed E-state index contributed by atoms with van der Waals surface area (Å²) >= 11 is 3.47. The van der Waals surface area contributed by atoms with Crippen LogP contribution in [-0.2, 0) is 17.6 Å². The van der Waals surface area contributed by atoms with Crippen LogP contribution in [0.5, 0.6) is 0 Å². The van der Waals surface area contributed by atoms with Gasteiger partial charge in [-0.15, -0.1) is 0 Å². The Hall–Kier alpha value is -1.85. The van der Waals surface area contributed by atoms with Gasteiger partial charge in [-0.25, -0.2) is 0 Å². The van der Waals surface area contributed by atoms with Gasteiger partial charge in [-0.3, -0.25) is 4.79 Å². The molecule has 0 saturated heterocycles. The number of carbonyl (C=O) groups excluding carboxylic acids is 1. The number of hydrogen-bond donors (Lipinski definition) is 0. The van der Waals surface area contributed by atoms with Gasteiger partial charge in [0, 0.05) is 19.2 Å². The first-order chi connectivity index (χ1) is 12.6. The molecule has 3 nitrogen and oxygen atoms in total. The van der Waals surface area contributed by atoms with Crippen LogP contribution in [0.2, 0.25) is 0 Å². The third kappa shape index (κ3) is 4.46. The summed E-state index contributed by atoms with van der Waals surface area (Å²) in [6, 6.07) is 14.7. The van der Waals surface area contributed by atoms with Gasteiger partial charge in [0.25, 0.3) is 0 Å². The average molecular weight is 385 g/mol. The summed E-state index contributed by atoms with van der Waals surface area (Å²) in [6.07, 6.45) is 1.38. The normalized spacial score (nSPS) is 12.0. The molecule has 0 aliphatic rings. The van der Waals surface area contributed by atoms with Crippen molar-refractivity contribution in [3.63, 3.8) is 0 Å². The second-order valence-electron chi connectivity index (χ2n) is 6.47. The van der Waals surface area contributed by atoms with Crippen LogP contribution in [0.1, 0.15) is 29.5 Å². The highest BCUT2D eigenvalue weighted by Gasteiger charge is 2.09. The van der Waals surface area contributed by atoms with Gasteiger partial charge in [0.1, 0.15) is 0 Å². The number of thioether (sulfide) groups is 1. The fourth-order valence-electron chi connectivity index (χ4n) is 2.92. The molecule has 5 heteroatoms. The summed E-state index contributed by atoms with van der Waals surface area (Å²) in [5, 5.41) is 0. The minimum absolute atomic E-state index is 0.0252. The van der Waals surface area contributed by atoms with Crippen LogP contribution in [-0.4, -0.2) is 16.2 Å². The van der Waals surface area contributed by atoms with E-state index in [9.17, 15) is 4.79 Å². The Balaban J connectivity index is 1.59. The molecule has 1 aromatic heterocycles. The van der Waals surface area contributed by atoms with Gasteiger partial charge in [-0.1, -0.05) is 53.8 Å². The smallest absolute Gasteiger partial charge is 0.248 e. The first-order valence-electron chi connectivity index (χ1n) is 8.81. The molecule has 0 saturated carbocycles. The highest BCUT2D eigenvalue weighted by atomic mass is 32.2. The van der Waals surface area contributed by atoms with E-state index >= 15 is 0 Å². The summed E-state index contributed by atoms with van der Waals surface area (Å²) in [5.74, 6) is 1.95. The van der Waals surface area contributed by atoms with E-state index in [0.717, 1.165) is 22.7 Å². The van der Waals surface area contributed by atoms with Gasteiger partial charge in [0.05, 0.1) is 10.2 Å². The Bertz CT molecular complexity index is 971. The Morgan fingerprint density at radius 1 is 1.12 bits per heavy atom. The van der Waals surface area contributed by atoms with Gasteiger partial charge < -0.3 is 4.57 Å². The number of fused-ring (bicyclic) bond motifs is 1. The predicted molar refractivity (Wildman–Crippen MR) is 113 cm³/mol. The Kier molecular flexibility index (Phi) is 6.33. The van der Waals surface area contributed by atoms with Crippen molar-refractivity contribution in [1.82, 2.24) is 4.57 Å². The molecule has 0 unspecified atom stereocenters. The number of hydrogen-bond acceptors (Lipinski definition) is 3. The molecule has 0 bridgehead atoms. The molecular weight excluding hydrogens is 360 g/mol. The van der Waals surface area contributed by atoms with Crippen molar-refractivity contribution in [2.24, 2.45) is 12.0 Å².